The van der Waals surface area contributed by atoms with Crippen LogP contribution in [0.5, 0.6) is 0 Å². The smallest absolute Gasteiger partial charge is 0.220 e. The standard InChI is InChI=1S/C37H67NO13/c1-3-5-7-9-10-11-12-13-14-15-17-18-20-26(41)25(38-29(42)21-19-16-8-6-4-2)24-48-36-34(47)32(45)35(28(23-40)50-36)51-37-33(46)31(44)30(43)27(22-39)49-37/h13-14,18,20,25-28,30-37,39-41,43-47H,3-12,15-17,19,21-24H2,1-2H3,(H,38,42)/b14-13+,20-18+. The van der Waals surface area contributed by atoms with Gasteiger partial charge in [0.2, 0.25) is 5.91 Å². The second kappa shape index (κ2) is 26.3. The zero-order valence-electron chi connectivity index (χ0n) is 30.6. The third-order valence-corrected chi connectivity index (χ3v) is 9.39. The molecule has 2 heterocycles. The van der Waals surface area contributed by atoms with Gasteiger partial charge in [-0.25, -0.2) is 0 Å². The molecule has 0 aromatic heterocycles. The maximum absolute atomic E-state index is 12.8. The molecule has 2 aliphatic heterocycles. The van der Waals surface area contributed by atoms with Crippen LogP contribution >= 0.6 is 0 Å². The van der Waals surface area contributed by atoms with Gasteiger partial charge in [0, 0.05) is 6.42 Å². The molecular formula is C37H67NO13. The van der Waals surface area contributed by atoms with Crippen molar-refractivity contribution in [1.29, 1.82) is 0 Å². The Kier molecular flexibility index (Phi) is 23.5. The molecule has 298 valence electrons. The summed E-state index contributed by atoms with van der Waals surface area (Å²) in [7, 11) is 0. The highest BCUT2D eigenvalue weighted by Gasteiger charge is 2.50. The lowest BCUT2D eigenvalue weighted by Gasteiger charge is -2.46. The Balaban J connectivity index is 1.98. The molecule has 0 spiro atoms. The maximum atomic E-state index is 12.8. The van der Waals surface area contributed by atoms with Gasteiger partial charge in [0.1, 0.15) is 48.8 Å². The van der Waals surface area contributed by atoms with Gasteiger partial charge in [-0.3, -0.25) is 4.79 Å². The Hall–Kier alpha value is -1.53. The fourth-order valence-corrected chi connectivity index (χ4v) is 6.13. The first kappa shape index (κ1) is 45.6. The van der Waals surface area contributed by atoms with E-state index in [1.165, 1.54) is 38.5 Å². The van der Waals surface area contributed by atoms with Gasteiger partial charge in [0.25, 0.3) is 0 Å². The first-order valence-corrected chi connectivity index (χ1v) is 19.1. The van der Waals surface area contributed by atoms with Crippen LogP contribution in [0.2, 0.25) is 0 Å². The fraction of sp³-hybridized carbons (Fsp3) is 0.865. The molecule has 0 radical (unpaired) electrons. The average Bonchev–Trinajstić information content (AvgIpc) is 3.12. The molecule has 9 N–H and O–H groups in total. The molecule has 0 aromatic carbocycles. The molecule has 0 aliphatic carbocycles. The van der Waals surface area contributed by atoms with Crippen LogP contribution < -0.4 is 5.32 Å². The number of hydrogen-bond acceptors (Lipinski definition) is 13. The molecule has 2 aliphatic rings. The highest BCUT2D eigenvalue weighted by Crippen LogP contribution is 2.29. The topological polar surface area (TPSA) is 228 Å². The molecule has 0 saturated carbocycles. The number of unbranched alkanes of at least 4 members (excludes halogenated alkanes) is 11. The van der Waals surface area contributed by atoms with Gasteiger partial charge in [0.05, 0.1) is 32.0 Å². The normalized spacial score (nSPS) is 31.3. The van der Waals surface area contributed by atoms with Gasteiger partial charge in [-0.05, 0) is 32.1 Å². The molecule has 14 heteroatoms. The molecule has 12 unspecified atom stereocenters. The molecule has 2 saturated heterocycles. The van der Waals surface area contributed by atoms with Gasteiger partial charge >= 0.3 is 0 Å². The summed E-state index contributed by atoms with van der Waals surface area (Å²) in [6.07, 6.45) is 5.85. The highest BCUT2D eigenvalue weighted by molar-refractivity contribution is 5.76. The van der Waals surface area contributed by atoms with Crippen molar-refractivity contribution >= 4 is 5.91 Å². The molecular weight excluding hydrogens is 666 g/mol. The van der Waals surface area contributed by atoms with E-state index >= 15 is 0 Å². The zero-order valence-corrected chi connectivity index (χ0v) is 30.6. The third kappa shape index (κ3) is 16.2. The van der Waals surface area contributed by atoms with Crippen molar-refractivity contribution in [2.24, 2.45) is 0 Å². The van der Waals surface area contributed by atoms with Gasteiger partial charge in [-0.15, -0.1) is 0 Å². The SMILES string of the molecule is CCCCCCCC/C=C/CC/C=C/C(O)C(COC1OC(CO)C(OC2OC(CO)C(O)C(O)C2O)C(O)C1O)NC(=O)CCCCCCC. The van der Waals surface area contributed by atoms with Crippen molar-refractivity contribution in [1.82, 2.24) is 5.32 Å². The number of carbonyl (C=O) groups excluding carboxylic acids is 1. The van der Waals surface area contributed by atoms with Gasteiger partial charge in [0.15, 0.2) is 12.6 Å². The minimum absolute atomic E-state index is 0.267. The van der Waals surface area contributed by atoms with E-state index in [-0.39, 0.29) is 18.9 Å². The Morgan fingerprint density at radius 3 is 1.92 bits per heavy atom. The monoisotopic (exact) mass is 733 g/mol. The second-order valence-corrected chi connectivity index (χ2v) is 13.7. The summed E-state index contributed by atoms with van der Waals surface area (Å²) >= 11 is 0. The van der Waals surface area contributed by atoms with Crippen molar-refractivity contribution in [2.45, 2.75) is 184 Å². The van der Waals surface area contributed by atoms with E-state index < -0.39 is 86.8 Å². The molecule has 2 rings (SSSR count). The van der Waals surface area contributed by atoms with Crippen LogP contribution in [0.25, 0.3) is 0 Å². The molecule has 1 amide bonds. The van der Waals surface area contributed by atoms with Gasteiger partial charge in [-0.1, -0.05) is 95.9 Å². The predicted octanol–water partition coefficient (Wildman–Crippen LogP) is 1.48. The van der Waals surface area contributed by atoms with Crippen LogP contribution in [0.4, 0.5) is 0 Å². The lowest BCUT2D eigenvalue weighted by Crippen LogP contribution is -2.65. The van der Waals surface area contributed by atoms with Crippen molar-refractivity contribution in [3.63, 3.8) is 0 Å². The Morgan fingerprint density at radius 2 is 1.25 bits per heavy atom. The lowest BCUT2D eigenvalue weighted by molar-refractivity contribution is -0.359. The molecule has 2 fully saturated rings. The van der Waals surface area contributed by atoms with E-state index in [2.05, 4.69) is 31.3 Å². The summed E-state index contributed by atoms with van der Waals surface area (Å²) in [6.45, 7) is 2.59. The fourth-order valence-electron chi connectivity index (χ4n) is 6.13. The predicted molar refractivity (Wildman–Crippen MR) is 189 cm³/mol. The molecule has 14 nitrogen and oxygen atoms in total. The second-order valence-electron chi connectivity index (χ2n) is 13.7. The number of ether oxygens (including phenoxy) is 4. The van der Waals surface area contributed by atoms with E-state index in [9.17, 15) is 45.6 Å². The Bertz CT molecular complexity index is 967. The summed E-state index contributed by atoms with van der Waals surface area (Å²) in [4.78, 5) is 12.8. The van der Waals surface area contributed by atoms with Crippen LogP contribution in [-0.4, -0.2) is 140 Å². The van der Waals surface area contributed by atoms with E-state index in [4.69, 9.17) is 18.9 Å². The van der Waals surface area contributed by atoms with Crippen LogP contribution in [0, 0.1) is 0 Å². The number of aliphatic hydroxyl groups is 8. The number of allylic oxidation sites excluding steroid dienone is 3. The first-order valence-electron chi connectivity index (χ1n) is 19.1. The summed E-state index contributed by atoms with van der Waals surface area (Å²) in [5.74, 6) is -0.267. The summed E-state index contributed by atoms with van der Waals surface area (Å²) in [5, 5.41) is 85.7. The number of amides is 1. The largest absolute Gasteiger partial charge is 0.394 e. The van der Waals surface area contributed by atoms with Crippen LogP contribution in [-0.2, 0) is 23.7 Å². The summed E-state index contributed by atoms with van der Waals surface area (Å²) in [5.41, 5.74) is 0. The molecule has 12 atom stereocenters. The number of carbonyl (C=O) groups is 1. The first-order chi connectivity index (χ1) is 24.6. The summed E-state index contributed by atoms with van der Waals surface area (Å²) in [6, 6.07) is -0.920. The van der Waals surface area contributed by atoms with Gasteiger partial charge < -0.3 is 65.1 Å². The van der Waals surface area contributed by atoms with Crippen molar-refractivity contribution in [2.75, 3.05) is 19.8 Å². The number of rotatable bonds is 26. The lowest BCUT2D eigenvalue weighted by atomic mass is 9.97. The zero-order chi connectivity index (χ0) is 37.6. The van der Waals surface area contributed by atoms with Crippen LogP contribution in [0.1, 0.15) is 110 Å². The maximum Gasteiger partial charge on any atom is 0.220 e. The van der Waals surface area contributed by atoms with Crippen LogP contribution in [0.15, 0.2) is 24.3 Å². The minimum atomic E-state index is -1.79. The van der Waals surface area contributed by atoms with E-state index in [1.54, 1.807) is 6.08 Å². The van der Waals surface area contributed by atoms with Crippen molar-refractivity contribution in [3.05, 3.63) is 24.3 Å². The van der Waals surface area contributed by atoms with E-state index in [0.717, 1.165) is 38.5 Å². The summed E-state index contributed by atoms with van der Waals surface area (Å²) < 4.78 is 22.4. The minimum Gasteiger partial charge on any atom is -0.394 e. The number of aliphatic hydroxyl groups excluding tert-OH is 8. The molecule has 51 heavy (non-hydrogen) atoms. The Morgan fingerprint density at radius 1 is 0.686 bits per heavy atom. The Labute approximate surface area is 303 Å². The highest BCUT2D eigenvalue weighted by atomic mass is 16.7. The van der Waals surface area contributed by atoms with Crippen LogP contribution in [0.3, 0.4) is 0 Å². The van der Waals surface area contributed by atoms with E-state index in [1.807, 2.05) is 6.08 Å². The molecule has 0 aromatic rings. The van der Waals surface area contributed by atoms with Crippen molar-refractivity contribution < 1.29 is 64.6 Å². The van der Waals surface area contributed by atoms with Crippen molar-refractivity contribution in [3.8, 4) is 0 Å². The number of hydrogen-bond donors (Lipinski definition) is 9. The third-order valence-electron chi connectivity index (χ3n) is 9.39. The number of nitrogens with one attached hydrogen (secondary N) is 1. The van der Waals surface area contributed by atoms with E-state index in [0.29, 0.717) is 12.8 Å². The van der Waals surface area contributed by atoms with Gasteiger partial charge in [-0.2, -0.15) is 0 Å². The average molecular weight is 734 g/mol. The quantitative estimate of drug-likeness (QED) is 0.0454. The molecule has 0 bridgehead atoms.